The van der Waals surface area contributed by atoms with Crippen LogP contribution >= 0.6 is 11.3 Å². The fourth-order valence-corrected chi connectivity index (χ4v) is 3.41. The molecule has 2 aromatic rings. The highest BCUT2D eigenvalue weighted by Crippen LogP contribution is 2.27. The van der Waals surface area contributed by atoms with Gasteiger partial charge in [-0.3, -0.25) is 0 Å². The largest absolute Gasteiger partial charge is 0.303 e. The molecule has 0 spiro atoms. The average molecular weight is 305 g/mol. The van der Waals surface area contributed by atoms with Crippen LogP contribution in [0.4, 0.5) is 4.39 Å². The van der Waals surface area contributed by atoms with E-state index in [1.165, 1.54) is 28.2 Å². The minimum Gasteiger partial charge on any atom is -0.303 e. The molecule has 2 atom stereocenters. The van der Waals surface area contributed by atoms with Crippen molar-refractivity contribution in [2.75, 3.05) is 0 Å². The van der Waals surface area contributed by atoms with Crippen LogP contribution in [0.5, 0.6) is 0 Å². The maximum Gasteiger partial charge on any atom is 0.123 e. The number of benzene rings is 1. The van der Waals surface area contributed by atoms with E-state index >= 15 is 0 Å². The van der Waals surface area contributed by atoms with Gasteiger partial charge in [-0.15, -0.1) is 11.3 Å². The normalized spacial score (nSPS) is 14.1. The fraction of sp³-hybridized carbons (Fsp3) is 0.444. The third kappa shape index (κ3) is 4.65. The van der Waals surface area contributed by atoms with Gasteiger partial charge in [0.25, 0.3) is 0 Å². The summed E-state index contributed by atoms with van der Waals surface area (Å²) in [6, 6.07) is 11.9. The Labute approximate surface area is 131 Å². The van der Waals surface area contributed by atoms with E-state index < -0.39 is 0 Å². The van der Waals surface area contributed by atoms with E-state index in [0.717, 1.165) is 6.42 Å². The Morgan fingerprint density at radius 3 is 2.43 bits per heavy atom. The molecule has 114 valence electrons. The summed E-state index contributed by atoms with van der Waals surface area (Å²) in [6.45, 7) is 6.54. The number of hydrogen-bond acceptors (Lipinski definition) is 2. The van der Waals surface area contributed by atoms with Gasteiger partial charge >= 0.3 is 0 Å². The summed E-state index contributed by atoms with van der Waals surface area (Å²) in [5.74, 6) is -0.171. The molecule has 0 amide bonds. The fourth-order valence-electron chi connectivity index (χ4n) is 2.52. The first-order valence-corrected chi connectivity index (χ1v) is 8.49. The molecule has 1 aromatic heterocycles. The summed E-state index contributed by atoms with van der Waals surface area (Å²) in [5, 5.41) is 3.71. The highest BCUT2D eigenvalue weighted by atomic mass is 32.1. The Kier molecular flexibility index (Phi) is 5.95. The second-order valence-corrected chi connectivity index (χ2v) is 6.90. The standard InChI is InChI=1S/C18H24FNS/c1-4-5-6-17(15-8-10-16(19)11-9-15)20-14(3)18-12-7-13(2)21-18/h7-12,14,17,20H,4-6H2,1-3H3. The smallest absolute Gasteiger partial charge is 0.123 e. The van der Waals surface area contributed by atoms with Crippen molar-refractivity contribution in [3.63, 3.8) is 0 Å². The van der Waals surface area contributed by atoms with Gasteiger partial charge in [0.2, 0.25) is 0 Å². The summed E-state index contributed by atoms with van der Waals surface area (Å²) in [5.41, 5.74) is 1.17. The summed E-state index contributed by atoms with van der Waals surface area (Å²) < 4.78 is 13.1. The third-order valence-corrected chi connectivity index (χ3v) is 4.94. The Morgan fingerprint density at radius 2 is 1.86 bits per heavy atom. The van der Waals surface area contributed by atoms with Crippen molar-refractivity contribution in [2.24, 2.45) is 0 Å². The molecule has 1 nitrogen and oxygen atoms in total. The minimum absolute atomic E-state index is 0.171. The van der Waals surface area contributed by atoms with Crippen molar-refractivity contribution in [2.45, 2.75) is 52.1 Å². The number of aryl methyl sites for hydroxylation is 1. The van der Waals surface area contributed by atoms with Gasteiger partial charge in [-0.25, -0.2) is 4.39 Å². The zero-order valence-corrected chi connectivity index (χ0v) is 13.8. The zero-order valence-electron chi connectivity index (χ0n) is 13.0. The van der Waals surface area contributed by atoms with E-state index in [1.807, 2.05) is 23.5 Å². The lowest BCUT2D eigenvalue weighted by atomic mass is 10.00. The molecule has 2 unspecified atom stereocenters. The van der Waals surface area contributed by atoms with Crippen LogP contribution < -0.4 is 5.32 Å². The van der Waals surface area contributed by atoms with Crippen molar-refractivity contribution < 1.29 is 4.39 Å². The molecule has 1 aromatic carbocycles. The molecule has 1 N–H and O–H groups in total. The molecule has 0 aliphatic carbocycles. The number of hydrogen-bond donors (Lipinski definition) is 1. The Hall–Kier alpha value is -1.19. The molecule has 2 rings (SSSR count). The molecular weight excluding hydrogens is 281 g/mol. The maximum atomic E-state index is 13.1. The first-order valence-electron chi connectivity index (χ1n) is 7.68. The second-order valence-electron chi connectivity index (χ2n) is 5.58. The van der Waals surface area contributed by atoms with Crippen LogP contribution in [-0.4, -0.2) is 0 Å². The van der Waals surface area contributed by atoms with Crippen LogP contribution in [0.3, 0.4) is 0 Å². The molecule has 3 heteroatoms. The Balaban J connectivity index is 2.10. The number of nitrogens with one attached hydrogen (secondary N) is 1. The molecule has 0 aliphatic rings. The summed E-state index contributed by atoms with van der Waals surface area (Å²) >= 11 is 1.84. The highest BCUT2D eigenvalue weighted by Gasteiger charge is 2.16. The van der Waals surface area contributed by atoms with Crippen molar-refractivity contribution >= 4 is 11.3 Å². The van der Waals surface area contributed by atoms with Gasteiger partial charge in [-0.1, -0.05) is 31.9 Å². The summed E-state index contributed by atoms with van der Waals surface area (Å²) in [7, 11) is 0. The predicted molar refractivity (Wildman–Crippen MR) is 89.3 cm³/mol. The van der Waals surface area contributed by atoms with Gasteiger partial charge in [0.05, 0.1) is 0 Å². The van der Waals surface area contributed by atoms with Gasteiger partial charge in [-0.05, 0) is 50.1 Å². The number of thiophene rings is 1. The molecule has 0 radical (unpaired) electrons. The number of halogens is 1. The van der Waals surface area contributed by atoms with Crippen molar-refractivity contribution in [3.8, 4) is 0 Å². The van der Waals surface area contributed by atoms with E-state index in [1.54, 1.807) is 12.1 Å². The second kappa shape index (κ2) is 7.71. The molecule has 1 heterocycles. The van der Waals surface area contributed by atoms with E-state index in [-0.39, 0.29) is 11.9 Å². The number of rotatable bonds is 7. The SMILES string of the molecule is CCCCC(NC(C)c1ccc(C)s1)c1ccc(F)cc1. The zero-order chi connectivity index (χ0) is 15.2. The first-order chi connectivity index (χ1) is 10.1. The van der Waals surface area contributed by atoms with Crippen LogP contribution in [0, 0.1) is 12.7 Å². The van der Waals surface area contributed by atoms with Crippen molar-refractivity contribution in [1.29, 1.82) is 0 Å². The molecule has 0 fully saturated rings. The molecule has 0 aliphatic heterocycles. The van der Waals surface area contributed by atoms with E-state index in [9.17, 15) is 4.39 Å². The van der Waals surface area contributed by atoms with Gasteiger partial charge in [0.1, 0.15) is 5.82 Å². The monoisotopic (exact) mass is 305 g/mol. The quantitative estimate of drug-likeness (QED) is 0.684. The highest BCUT2D eigenvalue weighted by molar-refractivity contribution is 7.12. The molecular formula is C18H24FNS. The first kappa shape index (κ1) is 16.2. The Morgan fingerprint density at radius 1 is 1.14 bits per heavy atom. The summed E-state index contributed by atoms with van der Waals surface area (Å²) in [6.07, 6.45) is 3.42. The van der Waals surface area contributed by atoms with Crippen LogP contribution in [-0.2, 0) is 0 Å². The summed E-state index contributed by atoms with van der Waals surface area (Å²) in [4.78, 5) is 2.70. The third-order valence-electron chi connectivity index (χ3n) is 3.76. The Bertz CT molecular complexity index is 547. The van der Waals surface area contributed by atoms with Crippen molar-refractivity contribution in [1.82, 2.24) is 5.32 Å². The minimum atomic E-state index is -0.171. The van der Waals surface area contributed by atoms with Crippen molar-refractivity contribution in [3.05, 3.63) is 57.5 Å². The topological polar surface area (TPSA) is 12.0 Å². The van der Waals surface area contributed by atoms with Gasteiger partial charge in [0.15, 0.2) is 0 Å². The predicted octanol–water partition coefficient (Wildman–Crippen LogP) is 5.78. The van der Waals surface area contributed by atoms with Gasteiger partial charge < -0.3 is 5.32 Å². The lowest BCUT2D eigenvalue weighted by molar-refractivity contribution is 0.434. The lowest BCUT2D eigenvalue weighted by Gasteiger charge is -2.23. The molecule has 0 bridgehead atoms. The van der Waals surface area contributed by atoms with Crippen LogP contribution in [0.1, 0.15) is 60.5 Å². The lowest BCUT2D eigenvalue weighted by Crippen LogP contribution is -2.24. The van der Waals surface area contributed by atoms with Crippen LogP contribution in [0.15, 0.2) is 36.4 Å². The van der Waals surface area contributed by atoms with Crippen LogP contribution in [0.2, 0.25) is 0 Å². The molecule has 21 heavy (non-hydrogen) atoms. The average Bonchev–Trinajstić information content (AvgIpc) is 2.91. The van der Waals surface area contributed by atoms with Gasteiger partial charge in [-0.2, -0.15) is 0 Å². The van der Waals surface area contributed by atoms with Crippen LogP contribution in [0.25, 0.3) is 0 Å². The van der Waals surface area contributed by atoms with E-state index in [0.29, 0.717) is 6.04 Å². The molecule has 0 saturated carbocycles. The van der Waals surface area contributed by atoms with Gasteiger partial charge in [0, 0.05) is 21.8 Å². The van der Waals surface area contributed by atoms with E-state index in [4.69, 9.17) is 0 Å². The van der Waals surface area contributed by atoms with E-state index in [2.05, 4.69) is 38.2 Å². The maximum absolute atomic E-state index is 13.1. The number of unbranched alkanes of at least 4 members (excludes halogenated alkanes) is 1. The molecule has 0 saturated heterocycles.